The van der Waals surface area contributed by atoms with E-state index in [4.69, 9.17) is 0 Å². The van der Waals surface area contributed by atoms with Crippen molar-refractivity contribution in [3.8, 4) is 0 Å². The standard InChI is InChI=1S/C18H17N3O3S2/c1-20-14-7-3-4-8-15(14)21(26(20,23)24)11-10-19-18(22)17-12-13-6-2-5-9-16(13)25-17/h2-9,12H,10-11H2,1H3,(H,19,22). The molecule has 0 bridgehead atoms. The number of thiophene rings is 1. The van der Waals surface area contributed by atoms with E-state index in [1.165, 1.54) is 27.0 Å². The van der Waals surface area contributed by atoms with E-state index in [2.05, 4.69) is 5.32 Å². The average molecular weight is 387 g/mol. The van der Waals surface area contributed by atoms with Crippen LogP contribution in [0.1, 0.15) is 9.67 Å². The monoisotopic (exact) mass is 387 g/mol. The van der Waals surface area contributed by atoms with Gasteiger partial charge >= 0.3 is 10.2 Å². The molecule has 1 amide bonds. The lowest BCUT2D eigenvalue weighted by molar-refractivity contribution is 0.0959. The van der Waals surface area contributed by atoms with Gasteiger partial charge in [-0.3, -0.25) is 9.10 Å². The SMILES string of the molecule is CN1c2ccccc2N(CCNC(=O)c2cc3ccccc3s2)S1(=O)=O. The highest BCUT2D eigenvalue weighted by atomic mass is 32.2. The molecule has 4 rings (SSSR count). The number of hydrogen-bond acceptors (Lipinski definition) is 4. The lowest BCUT2D eigenvalue weighted by atomic mass is 10.2. The third-order valence-corrected chi connectivity index (χ3v) is 7.30. The molecule has 0 spiro atoms. The summed E-state index contributed by atoms with van der Waals surface area (Å²) in [7, 11) is -2.06. The molecule has 2 heterocycles. The molecule has 1 N–H and O–H groups in total. The summed E-state index contributed by atoms with van der Waals surface area (Å²) in [6.07, 6.45) is 0. The van der Waals surface area contributed by atoms with Crippen molar-refractivity contribution in [2.75, 3.05) is 28.7 Å². The highest BCUT2D eigenvalue weighted by molar-refractivity contribution is 7.94. The van der Waals surface area contributed by atoms with Crippen molar-refractivity contribution < 1.29 is 13.2 Å². The summed E-state index contributed by atoms with van der Waals surface area (Å²) >= 11 is 1.42. The van der Waals surface area contributed by atoms with Gasteiger partial charge in [0.05, 0.1) is 22.8 Å². The topological polar surface area (TPSA) is 69.7 Å². The number of nitrogens with one attached hydrogen (secondary N) is 1. The van der Waals surface area contributed by atoms with Crippen LogP contribution in [-0.4, -0.2) is 34.5 Å². The number of benzene rings is 2. The van der Waals surface area contributed by atoms with Gasteiger partial charge in [0.25, 0.3) is 5.91 Å². The minimum absolute atomic E-state index is 0.181. The molecule has 1 aliphatic heterocycles. The highest BCUT2D eigenvalue weighted by Crippen LogP contribution is 2.39. The smallest absolute Gasteiger partial charge is 0.326 e. The maximum Gasteiger partial charge on any atom is 0.326 e. The van der Waals surface area contributed by atoms with Gasteiger partial charge in [0.2, 0.25) is 0 Å². The number of nitrogens with zero attached hydrogens (tertiary/aromatic N) is 2. The second-order valence-electron chi connectivity index (χ2n) is 5.94. The summed E-state index contributed by atoms with van der Waals surface area (Å²) in [4.78, 5) is 13.0. The van der Waals surface area contributed by atoms with Gasteiger partial charge in [-0.2, -0.15) is 8.42 Å². The van der Waals surface area contributed by atoms with Crippen LogP contribution >= 0.6 is 11.3 Å². The van der Waals surface area contributed by atoms with Crippen LogP contribution in [0.15, 0.2) is 54.6 Å². The number of amides is 1. The summed E-state index contributed by atoms with van der Waals surface area (Å²) in [5, 5.41) is 3.85. The van der Waals surface area contributed by atoms with Crippen molar-refractivity contribution in [1.82, 2.24) is 5.32 Å². The zero-order chi connectivity index (χ0) is 18.3. The number of anilines is 2. The quantitative estimate of drug-likeness (QED) is 0.748. The van der Waals surface area contributed by atoms with Crippen molar-refractivity contribution in [1.29, 1.82) is 0 Å². The van der Waals surface area contributed by atoms with Gasteiger partial charge in [0.1, 0.15) is 0 Å². The Kier molecular flexibility index (Phi) is 4.08. The second-order valence-corrected chi connectivity index (χ2v) is 8.91. The molecule has 0 radical (unpaired) electrons. The maximum atomic E-state index is 12.6. The fraction of sp³-hybridized carbons (Fsp3) is 0.167. The second kappa shape index (κ2) is 6.30. The van der Waals surface area contributed by atoms with E-state index in [1.807, 2.05) is 30.3 Å². The fourth-order valence-electron chi connectivity index (χ4n) is 3.03. The van der Waals surface area contributed by atoms with Gasteiger partial charge in [-0.1, -0.05) is 30.3 Å². The highest BCUT2D eigenvalue weighted by Gasteiger charge is 2.37. The summed E-state index contributed by atoms with van der Waals surface area (Å²) < 4.78 is 28.7. The van der Waals surface area contributed by atoms with E-state index in [9.17, 15) is 13.2 Å². The molecule has 134 valence electrons. The van der Waals surface area contributed by atoms with E-state index in [-0.39, 0.29) is 19.0 Å². The van der Waals surface area contributed by atoms with Gasteiger partial charge in [-0.15, -0.1) is 11.3 Å². The van der Waals surface area contributed by atoms with Crippen molar-refractivity contribution in [2.45, 2.75) is 0 Å². The normalized spacial score (nSPS) is 15.3. The molecule has 0 aliphatic carbocycles. The van der Waals surface area contributed by atoms with E-state index < -0.39 is 10.2 Å². The molecule has 0 atom stereocenters. The first-order valence-electron chi connectivity index (χ1n) is 8.11. The molecular formula is C18H17N3O3S2. The van der Waals surface area contributed by atoms with E-state index in [0.29, 0.717) is 16.3 Å². The van der Waals surface area contributed by atoms with Gasteiger partial charge in [0.15, 0.2) is 0 Å². The minimum atomic E-state index is -3.59. The van der Waals surface area contributed by atoms with Crippen molar-refractivity contribution in [2.24, 2.45) is 0 Å². The molecule has 1 aliphatic rings. The molecule has 0 unspecified atom stereocenters. The Balaban J connectivity index is 1.47. The summed E-state index contributed by atoms with van der Waals surface area (Å²) in [5.74, 6) is -0.190. The van der Waals surface area contributed by atoms with Crippen LogP contribution in [-0.2, 0) is 10.2 Å². The van der Waals surface area contributed by atoms with Crippen LogP contribution in [0.25, 0.3) is 10.1 Å². The van der Waals surface area contributed by atoms with Crippen LogP contribution in [0, 0.1) is 0 Å². The Hall–Kier alpha value is -2.58. The zero-order valence-corrected chi connectivity index (χ0v) is 15.7. The number of para-hydroxylation sites is 2. The summed E-state index contributed by atoms with van der Waals surface area (Å²) in [6.45, 7) is 0.412. The first-order valence-corrected chi connectivity index (χ1v) is 10.3. The molecule has 1 aromatic heterocycles. The Morgan fingerprint density at radius 2 is 1.77 bits per heavy atom. The lowest BCUT2D eigenvalue weighted by Gasteiger charge is -2.19. The van der Waals surface area contributed by atoms with Gasteiger partial charge in [-0.25, -0.2) is 4.31 Å². The molecule has 0 saturated heterocycles. The molecular weight excluding hydrogens is 370 g/mol. The number of fused-ring (bicyclic) bond motifs is 2. The minimum Gasteiger partial charge on any atom is -0.350 e. The number of hydrogen-bond donors (Lipinski definition) is 1. The predicted molar refractivity (Wildman–Crippen MR) is 105 cm³/mol. The van der Waals surface area contributed by atoms with E-state index in [0.717, 1.165) is 10.1 Å². The van der Waals surface area contributed by atoms with Crippen LogP contribution < -0.4 is 13.9 Å². The van der Waals surface area contributed by atoms with Gasteiger partial charge in [-0.05, 0) is 29.7 Å². The van der Waals surface area contributed by atoms with Gasteiger partial charge < -0.3 is 5.32 Å². The van der Waals surface area contributed by atoms with E-state index in [1.54, 1.807) is 24.3 Å². The Bertz CT molecular complexity index is 1060. The Labute approximate surface area is 155 Å². The van der Waals surface area contributed by atoms with Crippen molar-refractivity contribution in [3.05, 3.63) is 59.5 Å². The maximum absolute atomic E-state index is 12.6. The first-order chi connectivity index (χ1) is 12.5. The molecule has 2 aromatic carbocycles. The predicted octanol–water partition coefficient (Wildman–Crippen LogP) is 2.83. The third kappa shape index (κ3) is 2.71. The van der Waals surface area contributed by atoms with Crippen molar-refractivity contribution >= 4 is 48.9 Å². The summed E-state index contributed by atoms with van der Waals surface area (Å²) in [5.41, 5.74) is 1.27. The number of carbonyl (C=O) groups excluding carboxylic acids is 1. The van der Waals surface area contributed by atoms with Gasteiger partial charge in [0, 0.05) is 18.3 Å². The Morgan fingerprint density at radius 3 is 2.54 bits per heavy atom. The third-order valence-electron chi connectivity index (χ3n) is 4.36. The molecule has 3 aromatic rings. The van der Waals surface area contributed by atoms with Crippen molar-refractivity contribution in [3.63, 3.8) is 0 Å². The van der Waals surface area contributed by atoms with Crippen LogP contribution in [0.3, 0.4) is 0 Å². The average Bonchev–Trinajstić information content (AvgIpc) is 3.15. The van der Waals surface area contributed by atoms with Crippen LogP contribution in [0.4, 0.5) is 11.4 Å². The summed E-state index contributed by atoms with van der Waals surface area (Å²) in [6, 6.07) is 16.8. The molecule has 6 nitrogen and oxygen atoms in total. The molecule has 0 saturated carbocycles. The molecule has 0 fully saturated rings. The Morgan fingerprint density at radius 1 is 1.08 bits per heavy atom. The zero-order valence-electron chi connectivity index (χ0n) is 14.0. The van der Waals surface area contributed by atoms with Crippen LogP contribution in [0.2, 0.25) is 0 Å². The number of carbonyl (C=O) groups is 1. The van der Waals surface area contributed by atoms with Crippen LogP contribution in [0.5, 0.6) is 0 Å². The van der Waals surface area contributed by atoms with E-state index >= 15 is 0 Å². The first kappa shape index (κ1) is 16.9. The largest absolute Gasteiger partial charge is 0.350 e. The molecule has 8 heteroatoms. The molecule has 26 heavy (non-hydrogen) atoms. The lowest BCUT2D eigenvalue weighted by Crippen LogP contribution is -2.40. The fourth-order valence-corrected chi connectivity index (χ4v) is 5.43. The number of rotatable bonds is 4.